The van der Waals surface area contributed by atoms with Crippen LogP contribution in [-0.4, -0.2) is 16.0 Å². The van der Waals surface area contributed by atoms with Crippen LogP contribution in [0.2, 0.25) is 0 Å². The van der Waals surface area contributed by atoms with E-state index < -0.39 is 6.17 Å². The average molecular weight is 211 g/mol. The summed E-state index contributed by atoms with van der Waals surface area (Å²) in [4.78, 5) is 0. The smallest absolute Gasteiger partial charge is 0.122 e. The van der Waals surface area contributed by atoms with E-state index in [9.17, 15) is 4.39 Å². The first-order chi connectivity index (χ1) is 6.88. The zero-order valence-corrected chi connectivity index (χ0v) is 9.50. The normalized spacial score (nSPS) is 26.4. The van der Waals surface area contributed by atoms with E-state index in [-0.39, 0.29) is 11.5 Å². The fourth-order valence-corrected chi connectivity index (χ4v) is 1.94. The molecule has 0 saturated heterocycles. The van der Waals surface area contributed by atoms with E-state index in [0.717, 1.165) is 5.69 Å². The second-order valence-corrected chi connectivity index (χ2v) is 5.34. The third-order valence-corrected chi connectivity index (χ3v) is 2.89. The summed E-state index contributed by atoms with van der Waals surface area (Å²) in [5.74, 6) is 0.936. The maximum atomic E-state index is 12.7. The Balaban J connectivity index is 2.22. The Kier molecular flexibility index (Phi) is 2.24. The molecule has 0 radical (unpaired) electrons. The molecule has 2 N–H and O–H groups in total. The van der Waals surface area contributed by atoms with Crippen molar-refractivity contribution < 1.29 is 4.39 Å². The van der Waals surface area contributed by atoms with E-state index in [0.29, 0.717) is 18.7 Å². The molecule has 4 heteroatoms. The van der Waals surface area contributed by atoms with E-state index >= 15 is 0 Å². The van der Waals surface area contributed by atoms with Crippen molar-refractivity contribution in [2.75, 3.05) is 5.73 Å². The summed E-state index contributed by atoms with van der Waals surface area (Å²) in [6.45, 7) is 6.16. The van der Waals surface area contributed by atoms with E-state index in [1.165, 1.54) is 0 Å². The van der Waals surface area contributed by atoms with E-state index in [1.807, 2.05) is 10.7 Å². The van der Waals surface area contributed by atoms with Gasteiger partial charge in [-0.1, -0.05) is 0 Å². The Morgan fingerprint density at radius 2 is 2.07 bits per heavy atom. The first kappa shape index (κ1) is 10.5. The molecule has 1 aromatic heterocycles. The second kappa shape index (κ2) is 3.22. The molecule has 0 aliphatic heterocycles. The number of alkyl halides is 1. The van der Waals surface area contributed by atoms with Gasteiger partial charge in [-0.25, -0.2) is 9.07 Å². The van der Waals surface area contributed by atoms with Gasteiger partial charge in [-0.15, -0.1) is 0 Å². The summed E-state index contributed by atoms with van der Waals surface area (Å²) in [6.07, 6.45) is 0.553. The largest absolute Gasteiger partial charge is 0.384 e. The number of aromatic nitrogens is 2. The van der Waals surface area contributed by atoms with Gasteiger partial charge >= 0.3 is 0 Å². The van der Waals surface area contributed by atoms with E-state index in [2.05, 4.69) is 25.9 Å². The number of nitrogens with zero attached hydrogens (tertiary/aromatic N) is 2. The average Bonchev–Trinajstić information content (AvgIpc) is 2.40. The SMILES string of the molecule is CC(C)(C)n1nc(C2CC(F)C2)cc1N. The summed E-state index contributed by atoms with van der Waals surface area (Å²) in [5, 5.41) is 4.46. The van der Waals surface area contributed by atoms with Gasteiger partial charge in [-0.2, -0.15) is 5.10 Å². The summed E-state index contributed by atoms with van der Waals surface area (Å²) in [6, 6.07) is 1.88. The highest BCUT2D eigenvalue weighted by molar-refractivity contribution is 5.34. The number of nitrogens with two attached hydrogens (primary N) is 1. The minimum Gasteiger partial charge on any atom is -0.384 e. The third-order valence-electron chi connectivity index (χ3n) is 2.89. The van der Waals surface area contributed by atoms with Gasteiger partial charge in [-0.05, 0) is 33.6 Å². The zero-order valence-electron chi connectivity index (χ0n) is 9.50. The molecule has 0 amide bonds. The molecule has 84 valence electrons. The molecule has 15 heavy (non-hydrogen) atoms. The summed E-state index contributed by atoms with van der Waals surface area (Å²) in [5.41, 5.74) is 6.72. The van der Waals surface area contributed by atoms with Crippen molar-refractivity contribution in [2.45, 2.75) is 51.2 Å². The van der Waals surface area contributed by atoms with Gasteiger partial charge in [-0.3, -0.25) is 0 Å². The number of rotatable bonds is 1. The number of hydrogen-bond donors (Lipinski definition) is 1. The highest BCUT2D eigenvalue weighted by atomic mass is 19.1. The molecule has 1 aromatic rings. The molecule has 0 aromatic carbocycles. The third kappa shape index (κ3) is 1.85. The van der Waals surface area contributed by atoms with E-state index in [1.54, 1.807) is 0 Å². The lowest BCUT2D eigenvalue weighted by atomic mass is 9.81. The molecule has 1 aliphatic rings. The van der Waals surface area contributed by atoms with Crippen LogP contribution in [-0.2, 0) is 5.54 Å². The topological polar surface area (TPSA) is 43.8 Å². The molecule has 2 rings (SSSR count). The van der Waals surface area contributed by atoms with Crippen LogP contribution < -0.4 is 5.73 Å². The molecule has 1 saturated carbocycles. The van der Waals surface area contributed by atoms with Crippen molar-refractivity contribution in [3.8, 4) is 0 Å². The molecule has 0 spiro atoms. The Labute approximate surface area is 89.5 Å². The van der Waals surface area contributed by atoms with Crippen molar-refractivity contribution >= 4 is 5.82 Å². The van der Waals surface area contributed by atoms with Crippen LogP contribution in [0.25, 0.3) is 0 Å². The molecular weight excluding hydrogens is 193 g/mol. The lowest BCUT2D eigenvalue weighted by molar-refractivity contribution is 0.175. The van der Waals surface area contributed by atoms with Crippen LogP contribution in [0.1, 0.15) is 45.2 Å². The Morgan fingerprint density at radius 3 is 2.47 bits per heavy atom. The maximum Gasteiger partial charge on any atom is 0.122 e. The molecular formula is C11H18FN3. The first-order valence-corrected chi connectivity index (χ1v) is 5.38. The highest BCUT2D eigenvalue weighted by Gasteiger charge is 2.33. The van der Waals surface area contributed by atoms with Crippen LogP contribution in [0.4, 0.5) is 10.2 Å². The van der Waals surface area contributed by atoms with Crippen molar-refractivity contribution in [1.82, 2.24) is 9.78 Å². The quantitative estimate of drug-likeness (QED) is 0.775. The van der Waals surface area contributed by atoms with Crippen molar-refractivity contribution in [3.63, 3.8) is 0 Å². The monoisotopic (exact) mass is 211 g/mol. The van der Waals surface area contributed by atoms with Gasteiger partial charge in [0.1, 0.15) is 12.0 Å². The van der Waals surface area contributed by atoms with Crippen LogP contribution in [0, 0.1) is 0 Å². The highest BCUT2D eigenvalue weighted by Crippen LogP contribution is 2.39. The van der Waals surface area contributed by atoms with E-state index in [4.69, 9.17) is 5.73 Å². The van der Waals surface area contributed by atoms with Gasteiger partial charge in [0, 0.05) is 12.0 Å². The van der Waals surface area contributed by atoms with Crippen molar-refractivity contribution in [1.29, 1.82) is 0 Å². The maximum absolute atomic E-state index is 12.7. The number of anilines is 1. The molecule has 1 aliphatic carbocycles. The van der Waals surface area contributed by atoms with Crippen LogP contribution in [0.15, 0.2) is 6.07 Å². The van der Waals surface area contributed by atoms with Gasteiger partial charge in [0.05, 0.1) is 11.2 Å². The number of nitrogen functional groups attached to an aromatic ring is 1. The predicted octanol–water partition coefficient (Wildman–Crippen LogP) is 2.44. The van der Waals surface area contributed by atoms with Gasteiger partial charge < -0.3 is 5.73 Å². The van der Waals surface area contributed by atoms with Crippen LogP contribution in [0.5, 0.6) is 0 Å². The zero-order chi connectivity index (χ0) is 11.2. The van der Waals surface area contributed by atoms with Crippen molar-refractivity contribution in [2.24, 2.45) is 0 Å². The summed E-state index contributed by atoms with van der Waals surface area (Å²) in [7, 11) is 0. The van der Waals surface area contributed by atoms with Gasteiger partial charge in [0.2, 0.25) is 0 Å². The molecule has 0 bridgehead atoms. The Morgan fingerprint density at radius 1 is 1.47 bits per heavy atom. The fraction of sp³-hybridized carbons (Fsp3) is 0.727. The minimum atomic E-state index is -0.643. The van der Waals surface area contributed by atoms with Crippen LogP contribution >= 0.6 is 0 Å². The Hall–Kier alpha value is -1.06. The molecule has 1 heterocycles. The second-order valence-electron chi connectivity index (χ2n) is 5.34. The molecule has 3 nitrogen and oxygen atoms in total. The first-order valence-electron chi connectivity index (χ1n) is 5.38. The number of halogens is 1. The number of hydrogen-bond acceptors (Lipinski definition) is 2. The summed E-state index contributed by atoms with van der Waals surface area (Å²) < 4.78 is 14.5. The predicted molar refractivity (Wildman–Crippen MR) is 58.5 cm³/mol. The standard InChI is InChI=1S/C11H18FN3/c1-11(2,3)15-10(13)6-9(14-15)7-4-8(12)5-7/h6-8H,4-5,13H2,1-3H3. The fourth-order valence-electron chi connectivity index (χ4n) is 1.94. The molecule has 1 fully saturated rings. The summed E-state index contributed by atoms with van der Waals surface area (Å²) >= 11 is 0. The lowest BCUT2D eigenvalue weighted by Gasteiger charge is -2.28. The van der Waals surface area contributed by atoms with Gasteiger partial charge in [0.15, 0.2) is 0 Å². The Bertz CT molecular complexity index is 358. The van der Waals surface area contributed by atoms with Crippen molar-refractivity contribution in [3.05, 3.63) is 11.8 Å². The minimum absolute atomic E-state index is 0.110. The lowest BCUT2D eigenvalue weighted by Crippen LogP contribution is -2.26. The molecule has 0 unspecified atom stereocenters. The molecule has 0 atom stereocenters. The van der Waals surface area contributed by atoms with Crippen LogP contribution in [0.3, 0.4) is 0 Å². The van der Waals surface area contributed by atoms with Gasteiger partial charge in [0.25, 0.3) is 0 Å².